The van der Waals surface area contributed by atoms with Crippen LogP contribution in [0.1, 0.15) is 32.5 Å². The van der Waals surface area contributed by atoms with Crippen LogP contribution in [0.4, 0.5) is 13.8 Å². The Morgan fingerprint density at radius 2 is 1.87 bits per heavy atom. The SMILES string of the molecule is CCOC(=O)c1c(NC(=O)c2ccc(OC(F)F)cc2)sc(C)c1-c1cccc(Cl)c1. The Labute approximate surface area is 186 Å². The summed E-state index contributed by atoms with van der Waals surface area (Å²) in [5, 5.41) is 3.56. The van der Waals surface area contributed by atoms with E-state index >= 15 is 0 Å². The van der Waals surface area contributed by atoms with E-state index < -0.39 is 18.5 Å². The van der Waals surface area contributed by atoms with Crippen LogP contribution < -0.4 is 10.1 Å². The van der Waals surface area contributed by atoms with Crippen molar-refractivity contribution in [3.05, 3.63) is 69.6 Å². The van der Waals surface area contributed by atoms with Crippen LogP contribution in [0.25, 0.3) is 11.1 Å². The third-order valence-electron chi connectivity index (χ3n) is 4.25. The highest BCUT2D eigenvalue weighted by Gasteiger charge is 2.26. The highest BCUT2D eigenvalue weighted by Crippen LogP contribution is 2.41. The van der Waals surface area contributed by atoms with Crippen LogP contribution in [-0.2, 0) is 4.74 Å². The van der Waals surface area contributed by atoms with Crippen molar-refractivity contribution in [1.29, 1.82) is 0 Å². The molecule has 1 aromatic heterocycles. The number of hydrogen-bond donors (Lipinski definition) is 1. The summed E-state index contributed by atoms with van der Waals surface area (Å²) < 4.78 is 34.1. The lowest BCUT2D eigenvalue weighted by Crippen LogP contribution is -2.15. The predicted octanol–water partition coefficient (Wildman–Crippen LogP) is 6.41. The lowest BCUT2D eigenvalue weighted by atomic mass is 10.0. The molecule has 2 aromatic carbocycles. The van der Waals surface area contributed by atoms with Crippen molar-refractivity contribution < 1.29 is 27.8 Å². The molecule has 0 fully saturated rings. The molecule has 0 atom stereocenters. The predicted molar refractivity (Wildman–Crippen MR) is 116 cm³/mol. The third-order valence-corrected chi connectivity index (χ3v) is 5.50. The molecule has 0 spiro atoms. The van der Waals surface area contributed by atoms with E-state index in [0.29, 0.717) is 15.6 Å². The van der Waals surface area contributed by atoms with Gasteiger partial charge in [0.1, 0.15) is 16.3 Å². The highest BCUT2D eigenvalue weighted by molar-refractivity contribution is 7.17. The first-order valence-electron chi connectivity index (χ1n) is 9.22. The van der Waals surface area contributed by atoms with Crippen molar-refractivity contribution in [3.8, 4) is 16.9 Å². The van der Waals surface area contributed by atoms with Gasteiger partial charge in [0.15, 0.2) is 0 Å². The lowest BCUT2D eigenvalue weighted by molar-refractivity contribution is -0.0498. The number of anilines is 1. The van der Waals surface area contributed by atoms with Crippen LogP contribution in [0, 0.1) is 6.92 Å². The summed E-state index contributed by atoms with van der Waals surface area (Å²) in [7, 11) is 0. The largest absolute Gasteiger partial charge is 0.462 e. The number of alkyl halides is 2. The van der Waals surface area contributed by atoms with Gasteiger partial charge in [0.05, 0.1) is 6.61 Å². The van der Waals surface area contributed by atoms with Crippen molar-refractivity contribution in [2.45, 2.75) is 20.5 Å². The minimum Gasteiger partial charge on any atom is -0.462 e. The number of rotatable bonds is 7. The van der Waals surface area contributed by atoms with Gasteiger partial charge in [-0.1, -0.05) is 23.7 Å². The van der Waals surface area contributed by atoms with Gasteiger partial charge in [0.2, 0.25) is 0 Å². The summed E-state index contributed by atoms with van der Waals surface area (Å²) in [5.41, 5.74) is 1.80. The number of nitrogens with one attached hydrogen (secondary N) is 1. The molecular weight excluding hydrogens is 448 g/mol. The summed E-state index contributed by atoms with van der Waals surface area (Å²) >= 11 is 7.35. The molecule has 3 aromatic rings. The molecule has 3 rings (SSSR count). The van der Waals surface area contributed by atoms with Crippen molar-refractivity contribution in [1.82, 2.24) is 0 Å². The summed E-state index contributed by atoms with van der Waals surface area (Å²) in [6.07, 6.45) is 0. The van der Waals surface area contributed by atoms with Gasteiger partial charge in [-0.2, -0.15) is 8.78 Å². The van der Waals surface area contributed by atoms with Crippen LogP contribution in [-0.4, -0.2) is 25.1 Å². The monoisotopic (exact) mass is 465 g/mol. The Balaban J connectivity index is 1.96. The minimum absolute atomic E-state index is 0.0611. The standard InChI is InChI=1S/C22H18ClF2NO4S/c1-3-29-21(28)18-17(14-5-4-6-15(23)11-14)12(2)31-20(18)26-19(27)13-7-9-16(10-8-13)30-22(24)25/h4-11,22H,3H2,1-2H3,(H,26,27). The first-order valence-corrected chi connectivity index (χ1v) is 10.4. The van der Waals surface area contributed by atoms with E-state index in [-0.39, 0.29) is 23.5 Å². The van der Waals surface area contributed by atoms with Crippen LogP contribution in [0.2, 0.25) is 5.02 Å². The number of halogens is 3. The van der Waals surface area contributed by atoms with Crippen molar-refractivity contribution in [2.24, 2.45) is 0 Å². The van der Waals surface area contributed by atoms with Gasteiger partial charge < -0.3 is 14.8 Å². The zero-order valence-corrected chi connectivity index (χ0v) is 18.2. The molecule has 1 amide bonds. The molecule has 31 heavy (non-hydrogen) atoms. The van der Waals surface area contributed by atoms with Gasteiger partial charge in [-0.25, -0.2) is 4.79 Å². The second-order valence-electron chi connectivity index (χ2n) is 6.33. The fraction of sp³-hybridized carbons (Fsp3) is 0.182. The number of thiophene rings is 1. The number of hydrogen-bond acceptors (Lipinski definition) is 5. The zero-order valence-electron chi connectivity index (χ0n) is 16.6. The first-order chi connectivity index (χ1) is 14.8. The maximum atomic E-state index is 12.7. The van der Waals surface area contributed by atoms with Crippen molar-refractivity contribution in [3.63, 3.8) is 0 Å². The minimum atomic E-state index is -2.95. The van der Waals surface area contributed by atoms with E-state index in [1.54, 1.807) is 25.1 Å². The van der Waals surface area contributed by atoms with Gasteiger partial charge in [0, 0.05) is 21.0 Å². The molecule has 0 saturated heterocycles. The van der Waals surface area contributed by atoms with E-state index in [1.807, 2.05) is 13.0 Å². The molecule has 1 N–H and O–H groups in total. The Morgan fingerprint density at radius 3 is 2.48 bits per heavy atom. The average molecular weight is 466 g/mol. The molecule has 5 nitrogen and oxygen atoms in total. The Hall–Kier alpha value is -2.97. The van der Waals surface area contributed by atoms with E-state index in [4.69, 9.17) is 16.3 Å². The first kappa shape index (κ1) is 22.7. The fourth-order valence-electron chi connectivity index (χ4n) is 2.99. The maximum absolute atomic E-state index is 12.7. The molecule has 0 aliphatic heterocycles. The Kier molecular flexibility index (Phi) is 7.25. The summed E-state index contributed by atoms with van der Waals surface area (Å²) in [4.78, 5) is 26.3. The smallest absolute Gasteiger partial charge is 0.387 e. The highest BCUT2D eigenvalue weighted by atomic mass is 35.5. The maximum Gasteiger partial charge on any atom is 0.387 e. The Bertz CT molecular complexity index is 1100. The third kappa shape index (κ3) is 5.39. The normalized spacial score (nSPS) is 10.8. The lowest BCUT2D eigenvalue weighted by Gasteiger charge is -2.10. The number of esters is 1. The topological polar surface area (TPSA) is 64.6 Å². The number of carbonyl (C=O) groups is 2. The van der Waals surface area contributed by atoms with Crippen LogP contribution >= 0.6 is 22.9 Å². The molecule has 0 aliphatic rings. The number of ether oxygens (including phenoxy) is 2. The number of aryl methyl sites for hydroxylation is 1. The second kappa shape index (κ2) is 9.89. The molecule has 0 bridgehead atoms. The number of benzene rings is 2. The van der Waals surface area contributed by atoms with Gasteiger partial charge in [-0.3, -0.25) is 4.79 Å². The molecular formula is C22H18ClF2NO4S. The fourth-order valence-corrected chi connectivity index (χ4v) is 4.24. The van der Waals surface area contributed by atoms with Gasteiger partial charge in [-0.05, 0) is 55.8 Å². The molecule has 162 valence electrons. The number of carbonyl (C=O) groups excluding carboxylic acids is 2. The van der Waals surface area contributed by atoms with Crippen molar-refractivity contribution >= 4 is 39.8 Å². The molecule has 0 saturated carbocycles. The van der Waals surface area contributed by atoms with Crippen LogP contribution in [0.15, 0.2) is 48.5 Å². The summed E-state index contributed by atoms with van der Waals surface area (Å²) in [6.45, 7) is 0.736. The summed E-state index contributed by atoms with van der Waals surface area (Å²) in [5.74, 6) is -1.14. The number of amides is 1. The van der Waals surface area contributed by atoms with Gasteiger partial charge in [0.25, 0.3) is 5.91 Å². The van der Waals surface area contributed by atoms with Crippen LogP contribution in [0.5, 0.6) is 5.75 Å². The van der Waals surface area contributed by atoms with Crippen molar-refractivity contribution in [2.75, 3.05) is 11.9 Å². The molecule has 1 heterocycles. The van der Waals surface area contributed by atoms with E-state index in [2.05, 4.69) is 10.1 Å². The molecule has 9 heteroatoms. The van der Waals surface area contributed by atoms with E-state index in [9.17, 15) is 18.4 Å². The summed E-state index contributed by atoms with van der Waals surface area (Å²) in [6, 6.07) is 12.3. The van der Waals surface area contributed by atoms with Gasteiger partial charge >= 0.3 is 12.6 Å². The zero-order chi connectivity index (χ0) is 22.5. The van der Waals surface area contributed by atoms with E-state index in [1.165, 1.54) is 35.6 Å². The quantitative estimate of drug-likeness (QED) is 0.409. The molecule has 0 radical (unpaired) electrons. The molecule has 0 aliphatic carbocycles. The van der Waals surface area contributed by atoms with E-state index in [0.717, 1.165) is 10.4 Å². The Morgan fingerprint density at radius 1 is 1.16 bits per heavy atom. The second-order valence-corrected chi connectivity index (χ2v) is 7.99. The van der Waals surface area contributed by atoms with Gasteiger partial charge in [-0.15, -0.1) is 11.3 Å². The molecule has 0 unspecified atom stereocenters. The van der Waals surface area contributed by atoms with Crippen LogP contribution in [0.3, 0.4) is 0 Å². The average Bonchev–Trinajstić information content (AvgIpc) is 3.04.